The number of rotatable bonds is 7. The van der Waals surface area contributed by atoms with E-state index in [2.05, 4.69) is 10.2 Å². The molecule has 0 aliphatic rings. The van der Waals surface area contributed by atoms with Crippen LogP contribution in [-0.2, 0) is 11.3 Å². The summed E-state index contributed by atoms with van der Waals surface area (Å²) in [6.45, 7) is 0.319. The first-order valence-corrected chi connectivity index (χ1v) is 10.0. The molecule has 7 nitrogen and oxygen atoms in total. The van der Waals surface area contributed by atoms with Crippen LogP contribution in [0.1, 0.15) is 15.9 Å². The zero-order valence-electron chi connectivity index (χ0n) is 17.0. The maximum atomic E-state index is 11.6. The lowest BCUT2D eigenvalue weighted by molar-refractivity contribution is 0.0600. The van der Waals surface area contributed by atoms with Crippen molar-refractivity contribution in [3.63, 3.8) is 0 Å². The third kappa shape index (κ3) is 4.84. The molecule has 8 heteroatoms. The summed E-state index contributed by atoms with van der Waals surface area (Å²) < 4.78 is 16.3. The summed E-state index contributed by atoms with van der Waals surface area (Å²) in [5.74, 6) is 0.999. The number of H-pyrrole nitrogens is 1. The van der Waals surface area contributed by atoms with Crippen molar-refractivity contribution in [2.24, 2.45) is 0 Å². The molecule has 0 spiro atoms. The Bertz CT molecular complexity index is 1240. The molecule has 4 aromatic rings. The van der Waals surface area contributed by atoms with Crippen molar-refractivity contribution in [1.82, 2.24) is 10.2 Å². The summed E-state index contributed by atoms with van der Waals surface area (Å²) >= 11 is 5.99. The molecule has 3 aromatic carbocycles. The molecule has 0 radical (unpaired) electrons. The molecule has 32 heavy (non-hydrogen) atoms. The zero-order chi connectivity index (χ0) is 22.5. The number of benzene rings is 3. The van der Waals surface area contributed by atoms with Crippen LogP contribution in [-0.4, -0.2) is 28.4 Å². The maximum absolute atomic E-state index is 11.6. The molecule has 0 fully saturated rings. The van der Waals surface area contributed by atoms with E-state index in [1.54, 1.807) is 42.5 Å². The van der Waals surface area contributed by atoms with Crippen LogP contribution in [0.25, 0.3) is 11.3 Å². The molecular weight excluding hydrogens is 432 g/mol. The van der Waals surface area contributed by atoms with Crippen LogP contribution >= 0.6 is 11.6 Å². The van der Waals surface area contributed by atoms with Crippen LogP contribution in [0.3, 0.4) is 0 Å². The van der Waals surface area contributed by atoms with Gasteiger partial charge in [-0.3, -0.25) is 5.10 Å². The average Bonchev–Trinajstić information content (AvgIpc) is 3.25. The summed E-state index contributed by atoms with van der Waals surface area (Å²) in [6, 6.07) is 18.9. The number of nitrogens with zero attached hydrogens (tertiary/aromatic N) is 1. The van der Waals surface area contributed by atoms with E-state index in [0.717, 1.165) is 5.56 Å². The number of hydrogen-bond acceptors (Lipinski definition) is 6. The number of esters is 1. The normalized spacial score (nSPS) is 10.6. The maximum Gasteiger partial charge on any atom is 0.337 e. The van der Waals surface area contributed by atoms with Gasteiger partial charge in [-0.25, -0.2) is 4.79 Å². The molecule has 0 amide bonds. The topological polar surface area (TPSA) is 93.7 Å². The molecule has 4 rings (SSSR count). The van der Waals surface area contributed by atoms with Crippen LogP contribution in [0.15, 0.2) is 72.9 Å². The van der Waals surface area contributed by atoms with Crippen molar-refractivity contribution < 1.29 is 24.1 Å². The predicted molar refractivity (Wildman–Crippen MR) is 119 cm³/mol. The Kier molecular flexibility index (Phi) is 6.28. The van der Waals surface area contributed by atoms with Crippen molar-refractivity contribution in [3.05, 3.63) is 89.1 Å². The SMILES string of the molecule is COC(=O)c1ccc(Oc2cn[nH]c2-c2ccc(OCc3cccc(Cl)c3)cc2O)cc1. The van der Waals surface area contributed by atoms with Crippen molar-refractivity contribution in [2.45, 2.75) is 6.61 Å². The first kappa shape index (κ1) is 21.3. The van der Waals surface area contributed by atoms with Crippen LogP contribution in [0.2, 0.25) is 5.02 Å². The van der Waals surface area contributed by atoms with Gasteiger partial charge in [0.2, 0.25) is 0 Å². The molecule has 0 atom stereocenters. The van der Waals surface area contributed by atoms with Gasteiger partial charge in [-0.15, -0.1) is 0 Å². The first-order valence-electron chi connectivity index (χ1n) is 9.63. The quantitative estimate of drug-likeness (QED) is 0.356. The van der Waals surface area contributed by atoms with Gasteiger partial charge in [0, 0.05) is 16.7 Å². The van der Waals surface area contributed by atoms with Gasteiger partial charge in [-0.2, -0.15) is 5.10 Å². The molecule has 1 heterocycles. The second kappa shape index (κ2) is 9.45. The molecule has 0 bridgehead atoms. The molecular formula is C24H19ClN2O5. The molecule has 2 N–H and O–H groups in total. The van der Waals surface area contributed by atoms with Gasteiger partial charge in [0.1, 0.15) is 29.5 Å². The molecule has 0 unspecified atom stereocenters. The Balaban J connectivity index is 1.49. The number of hydrogen-bond donors (Lipinski definition) is 2. The highest BCUT2D eigenvalue weighted by Crippen LogP contribution is 2.38. The standard InChI is InChI=1S/C24H19ClN2O5/c1-30-24(29)16-5-7-18(8-6-16)32-22-13-26-27-23(22)20-10-9-19(12-21(20)28)31-14-15-3-2-4-17(25)11-15/h2-13,28H,14H2,1H3,(H,26,27). The second-order valence-electron chi connectivity index (χ2n) is 6.82. The van der Waals surface area contributed by atoms with Gasteiger partial charge < -0.3 is 19.3 Å². The molecule has 0 aliphatic carbocycles. The number of ether oxygens (including phenoxy) is 3. The smallest absolute Gasteiger partial charge is 0.337 e. The van der Waals surface area contributed by atoms with E-state index >= 15 is 0 Å². The molecule has 162 valence electrons. The number of aromatic hydroxyl groups is 1. The Morgan fingerprint density at radius 2 is 1.84 bits per heavy atom. The van der Waals surface area contributed by atoms with Gasteiger partial charge >= 0.3 is 5.97 Å². The minimum Gasteiger partial charge on any atom is -0.507 e. The monoisotopic (exact) mass is 450 g/mol. The fraction of sp³-hybridized carbons (Fsp3) is 0.0833. The minimum atomic E-state index is -0.428. The molecule has 1 aromatic heterocycles. The zero-order valence-corrected chi connectivity index (χ0v) is 17.8. The molecule has 0 saturated carbocycles. The van der Waals surface area contributed by atoms with Gasteiger partial charge in [0.15, 0.2) is 5.75 Å². The van der Waals surface area contributed by atoms with E-state index in [4.69, 9.17) is 25.8 Å². The number of carbonyl (C=O) groups excluding carboxylic acids is 1. The summed E-state index contributed by atoms with van der Waals surface area (Å²) in [5.41, 5.74) is 2.33. The number of carbonyl (C=O) groups is 1. The Labute approximate surface area is 189 Å². The van der Waals surface area contributed by atoms with Crippen LogP contribution in [0.4, 0.5) is 0 Å². The van der Waals surface area contributed by atoms with Crippen molar-refractivity contribution in [3.8, 4) is 34.3 Å². The number of phenols is 1. The number of methoxy groups -OCH3 is 1. The summed E-state index contributed by atoms with van der Waals surface area (Å²) in [6.07, 6.45) is 1.51. The first-order chi connectivity index (χ1) is 15.5. The van der Waals surface area contributed by atoms with E-state index in [1.807, 2.05) is 18.2 Å². The summed E-state index contributed by atoms with van der Waals surface area (Å²) in [5, 5.41) is 18.1. The number of phenolic OH excluding ortho intramolecular Hbond substituents is 1. The third-order valence-electron chi connectivity index (χ3n) is 4.64. The van der Waals surface area contributed by atoms with Crippen LogP contribution in [0, 0.1) is 0 Å². The van der Waals surface area contributed by atoms with E-state index in [1.165, 1.54) is 19.4 Å². The highest BCUT2D eigenvalue weighted by atomic mass is 35.5. The fourth-order valence-corrected chi connectivity index (χ4v) is 3.27. The lowest BCUT2D eigenvalue weighted by atomic mass is 10.1. The van der Waals surface area contributed by atoms with E-state index < -0.39 is 5.97 Å². The summed E-state index contributed by atoms with van der Waals surface area (Å²) in [4.78, 5) is 11.6. The van der Waals surface area contributed by atoms with Crippen LogP contribution < -0.4 is 9.47 Å². The van der Waals surface area contributed by atoms with Crippen molar-refractivity contribution in [2.75, 3.05) is 7.11 Å². The second-order valence-corrected chi connectivity index (χ2v) is 7.26. The Hall–Kier alpha value is -3.97. The lowest BCUT2D eigenvalue weighted by Crippen LogP contribution is -2.00. The van der Waals surface area contributed by atoms with Crippen LogP contribution in [0.5, 0.6) is 23.0 Å². The van der Waals surface area contributed by atoms with Gasteiger partial charge in [-0.1, -0.05) is 23.7 Å². The van der Waals surface area contributed by atoms with Gasteiger partial charge in [0.25, 0.3) is 0 Å². The van der Waals surface area contributed by atoms with E-state index in [0.29, 0.717) is 45.7 Å². The number of aromatic nitrogens is 2. The number of aromatic amines is 1. The fourth-order valence-electron chi connectivity index (χ4n) is 3.06. The molecule has 0 saturated heterocycles. The van der Waals surface area contributed by atoms with Gasteiger partial charge in [0.05, 0.1) is 18.9 Å². The average molecular weight is 451 g/mol. The summed E-state index contributed by atoms with van der Waals surface area (Å²) in [7, 11) is 1.32. The van der Waals surface area contributed by atoms with E-state index in [9.17, 15) is 9.90 Å². The third-order valence-corrected chi connectivity index (χ3v) is 4.88. The number of nitrogens with one attached hydrogen (secondary N) is 1. The van der Waals surface area contributed by atoms with E-state index in [-0.39, 0.29) is 5.75 Å². The lowest BCUT2D eigenvalue weighted by Gasteiger charge is -2.11. The highest BCUT2D eigenvalue weighted by Gasteiger charge is 2.15. The molecule has 0 aliphatic heterocycles. The largest absolute Gasteiger partial charge is 0.507 e. The Morgan fingerprint density at radius 3 is 2.56 bits per heavy atom. The Morgan fingerprint density at radius 1 is 1.06 bits per heavy atom. The van der Waals surface area contributed by atoms with Gasteiger partial charge in [-0.05, 0) is 54.1 Å². The van der Waals surface area contributed by atoms with Crippen molar-refractivity contribution in [1.29, 1.82) is 0 Å². The number of halogens is 1. The highest BCUT2D eigenvalue weighted by molar-refractivity contribution is 6.30. The predicted octanol–water partition coefficient (Wildman–Crippen LogP) is 5.59. The minimum absolute atomic E-state index is 0.00346. The van der Waals surface area contributed by atoms with Crippen molar-refractivity contribution >= 4 is 17.6 Å².